The summed E-state index contributed by atoms with van der Waals surface area (Å²) in [5.74, 6) is 1.80. The molecule has 1 fully saturated rings. The number of carbonyl (C=O) groups excluding carboxylic acids is 1. The predicted octanol–water partition coefficient (Wildman–Crippen LogP) is 1.31. The second-order valence-corrected chi connectivity index (χ2v) is 4.05. The third-order valence-corrected chi connectivity index (χ3v) is 2.69. The van der Waals surface area contributed by atoms with Gasteiger partial charge in [0.05, 0.1) is 0 Å². The van der Waals surface area contributed by atoms with Gasteiger partial charge in [0.2, 0.25) is 0 Å². The van der Waals surface area contributed by atoms with Crippen molar-refractivity contribution < 1.29 is 4.79 Å². The van der Waals surface area contributed by atoms with Gasteiger partial charge in [-0.2, -0.15) is 0 Å². The van der Waals surface area contributed by atoms with Crippen molar-refractivity contribution in [3.05, 3.63) is 0 Å². The summed E-state index contributed by atoms with van der Waals surface area (Å²) in [5.41, 5.74) is 0.215. The Labute approximate surface area is 73.7 Å². The van der Waals surface area contributed by atoms with Crippen LogP contribution >= 0.6 is 0 Å². The number of hydrogen-bond acceptors (Lipinski definition) is 1. The lowest BCUT2D eigenvalue weighted by molar-refractivity contribution is -0.116. The molecule has 0 saturated heterocycles. The molecule has 12 heavy (non-hydrogen) atoms. The van der Waals surface area contributed by atoms with E-state index in [4.69, 9.17) is 6.42 Å². The van der Waals surface area contributed by atoms with Crippen LogP contribution in [-0.4, -0.2) is 11.9 Å². The minimum absolute atomic E-state index is 0.215. The van der Waals surface area contributed by atoms with E-state index in [1.807, 2.05) is 0 Å². The van der Waals surface area contributed by atoms with Crippen LogP contribution in [0.5, 0.6) is 0 Å². The van der Waals surface area contributed by atoms with Gasteiger partial charge in [-0.25, -0.2) is 0 Å². The highest BCUT2D eigenvalue weighted by Gasteiger charge is 2.34. The topological polar surface area (TPSA) is 29.1 Å². The van der Waals surface area contributed by atoms with Crippen LogP contribution in [0.25, 0.3) is 0 Å². The van der Waals surface area contributed by atoms with Gasteiger partial charge in [0.15, 0.2) is 0 Å². The lowest BCUT2D eigenvalue weighted by Crippen LogP contribution is -2.40. The lowest BCUT2D eigenvalue weighted by atomic mass is 9.87. The molecule has 1 aliphatic rings. The molecular weight excluding hydrogens is 150 g/mol. The van der Waals surface area contributed by atoms with Crippen LogP contribution in [0.3, 0.4) is 0 Å². The molecular formula is C10H15NO. The lowest BCUT2D eigenvalue weighted by Gasteiger charge is -2.26. The highest BCUT2D eigenvalue weighted by Crippen LogP contribution is 2.36. The quantitative estimate of drug-likeness (QED) is 0.583. The molecule has 0 aromatic rings. The third-order valence-electron chi connectivity index (χ3n) is 2.69. The second kappa shape index (κ2) is 3.18. The van der Waals surface area contributed by atoms with E-state index in [-0.39, 0.29) is 17.4 Å². The van der Waals surface area contributed by atoms with Crippen LogP contribution in [0.15, 0.2) is 0 Å². The number of rotatable bonds is 1. The summed E-state index contributed by atoms with van der Waals surface area (Å²) in [4.78, 5) is 10.9. The van der Waals surface area contributed by atoms with Crippen molar-refractivity contribution >= 4 is 5.91 Å². The standard InChI is InChI=1S/C10H15NO/c1-4-9(12)11-8-6-5-7-10(8,2)3/h1,8H,5-7H2,2-3H3,(H,11,12). The fraction of sp³-hybridized carbons (Fsp3) is 0.700. The summed E-state index contributed by atoms with van der Waals surface area (Å²) < 4.78 is 0. The highest BCUT2D eigenvalue weighted by molar-refractivity contribution is 5.93. The van der Waals surface area contributed by atoms with Crippen LogP contribution in [0.2, 0.25) is 0 Å². The summed E-state index contributed by atoms with van der Waals surface area (Å²) >= 11 is 0. The van der Waals surface area contributed by atoms with Crippen LogP contribution < -0.4 is 5.32 Å². The van der Waals surface area contributed by atoms with Crippen LogP contribution in [0.1, 0.15) is 33.1 Å². The van der Waals surface area contributed by atoms with E-state index in [2.05, 4.69) is 25.1 Å². The molecule has 1 atom stereocenters. The van der Waals surface area contributed by atoms with Gasteiger partial charge in [0.1, 0.15) is 0 Å². The first-order chi connectivity index (χ1) is 5.56. The molecule has 1 saturated carbocycles. The van der Waals surface area contributed by atoms with Crippen LogP contribution in [0.4, 0.5) is 0 Å². The Morgan fingerprint density at radius 1 is 1.67 bits per heavy atom. The summed E-state index contributed by atoms with van der Waals surface area (Å²) in [6, 6.07) is 0.265. The monoisotopic (exact) mass is 165 g/mol. The predicted molar refractivity (Wildman–Crippen MR) is 48.4 cm³/mol. The molecule has 2 heteroatoms. The highest BCUT2D eigenvalue weighted by atomic mass is 16.1. The zero-order chi connectivity index (χ0) is 9.19. The molecule has 0 aromatic heterocycles. The summed E-state index contributed by atoms with van der Waals surface area (Å²) in [7, 11) is 0. The van der Waals surface area contributed by atoms with Crippen LogP contribution in [-0.2, 0) is 4.79 Å². The molecule has 2 nitrogen and oxygen atoms in total. The van der Waals surface area contributed by atoms with Crippen molar-refractivity contribution in [3.63, 3.8) is 0 Å². The maximum Gasteiger partial charge on any atom is 0.295 e. The summed E-state index contributed by atoms with van der Waals surface area (Å²) in [6.07, 6.45) is 8.38. The molecule has 1 amide bonds. The molecule has 0 spiro atoms. The normalized spacial score (nSPS) is 26.2. The van der Waals surface area contributed by atoms with Crippen molar-refractivity contribution in [1.29, 1.82) is 0 Å². The van der Waals surface area contributed by atoms with Gasteiger partial charge in [-0.15, -0.1) is 6.42 Å². The Kier molecular flexibility index (Phi) is 2.42. The van der Waals surface area contributed by atoms with E-state index in [0.29, 0.717) is 0 Å². The smallest absolute Gasteiger partial charge is 0.295 e. The van der Waals surface area contributed by atoms with E-state index < -0.39 is 0 Å². The Hall–Kier alpha value is -0.970. The van der Waals surface area contributed by atoms with Crippen molar-refractivity contribution in [2.75, 3.05) is 0 Å². The Bertz CT molecular complexity index is 224. The Morgan fingerprint density at radius 3 is 2.75 bits per heavy atom. The Balaban J connectivity index is 2.54. The molecule has 0 radical (unpaired) electrons. The fourth-order valence-corrected chi connectivity index (χ4v) is 1.79. The van der Waals surface area contributed by atoms with Gasteiger partial charge in [0.25, 0.3) is 5.91 Å². The maximum atomic E-state index is 10.9. The van der Waals surface area contributed by atoms with Crippen molar-refractivity contribution in [3.8, 4) is 12.3 Å². The SMILES string of the molecule is C#CC(=O)NC1CCCC1(C)C. The maximum absolute atomic E-state index is 10.9. The molecule has 1 unspecified atom stereocenters. The van der Waals surface area contributed by atoms with Gasteiger partial charge in [-0.3, -0.25) is 4.79 Å². The third kappa shape index (κ3) is 1.79. The van der Waals surface area contributed by atoms with Crippen molar-refractivity contribution in [1.82, 2.24) is 5.32 Å². The second-order valence-electron chi connectivity index (χ2n) is 4.05. The number of hydrogen-bond donors (Lipinski definition) is 1. The number of carbonyl (C=O) groups is 1. The molecule has 66 valence electrons. The fourth-order valence-electron chi connectivity index (χ4n) is 1.79. The van der Waals surface area contributed by atoms with E-state index >= 15 is 0 Å². The number of nitrogens with one attached hydrogen (secondary N) is 1. The first-order valence-corrected chi connectivity index (χ1v) is 4.33. The first-order valence-electron chi connectivity index (χ1n) is 4.33. The molecule has 0 aliphatic heterocycles. The molecule has 1 N–H and O–H groups in total. The van der Waals surface area contributed by atoms with E-state index in [1.54, 1.807) is 0 Å². The minimum Gasteiger partial charge on any atom is -0.342 e. The molecule has 1 rings (SSSR count). The van der Waals surface area contributed by atoms with Gasteiger partial charge < -0.3 is 5.32 Å². The summed E-state index contributed by atoms with van der Waals surface area (Å²) in [5, 5.41) is 2.84. The van der Waals surface area contributed by atoms with Gasteiger partial charge in [-0.05, 0) is 24.2 Å². The minimum atomic E-state index is -0.282. The molecule has 0 bridgehead atoms. The zero-order valence-electron chi connectivity index (χ0n) is 7.68. The Morgan fingerprint density at radius 2 is 2.33 bits per heavy atom. The molecule has 0 aromatic carbocycles. The van der Waals surface area contributed by atoms with Crippen molar-refractivity contribution in [2.24, 2.45) is 5.41 Å². The molecule has 1 aliphatic carbocycles. The van der Waals surface area contributed by atoms with Gasteiger partial charge >= 0.3 is 0 Å². The number of amides is 1. The zero-order valence-corrected chi connectivity index (χ0v) is 7.68. The van der Waals surface area contributed by atoms with Crippen LogP contribution in [0, 0.1) is 17.8 Å². The first kappa shape index (κ1) is 9.12. The molecule has 0 heterocycles. The van der Waals surface area contributed by atoms with Crippen molar-refractivity contribution in [2.45, 2.75) is 39.2 Å². The van der Waals surface area contributed by atoms with E-state index in [1.165, 1.54) is 12.8 Å². The average molecular weight is 165 g/mol. The largest absolute Gasteiger partial charge is 0.342 e. The van der Waals surface area contributed by atoms with Gasteiger partial charge in [-0.1, -0.05) is 20.3 Å². The summed E-state index contributed by atoms with van der Waals surface area (Å²) in [6.45, 7) is 4.34. The van der Waals surface area contributed by atoms with E-state index in [0.717, 1.165) is 6.42 Å². The average Bonchev–Trinajstić information content (AvgIpc) is 2.31. The van der Waals surface area contributed by atoms with Gasteiger partial charge in [0, 0.05) is 6.04 Å². The van der Waals surface area contributed by atoms with E-state index in [9.17, 15) is 4.79 Å². The number of terminal acetylenes is 1.